The van der Waals surface area contributed by atoms with Gasteiger partial charge in [0.1, 0.15) is 5.82 Å². The summed E-state index contributed by atoms with van der Waals surface area (Å²) in [6.07, 6.45) is 0. The third-order valence-electron chi connectivity index (χ3n) is 2.64. The monoisotopic (exact) mass is 273 g/mol. The molecule has 2 aromatic carbocycles. The number of benzene rings is 2. The van der Waals surface area contributed by atoms with E-state index >= 15 is 0 Å². The number of halogens is 1. The molecule has 0 heterocycles. The average molecular weight is 273 g/mol. The highest BCUT2D eigenvalue weighted by molar-refractivity contribution is 7.84. The highest BCUT2D eigenvalue weighted by Crippen LogP contribution is 2.16. The molecule has 2 rings (SSSR count). The lowest BCUT2D eigenvalue weighted by atomic mass is 10.1. The first-order chi connectivity index (χ1) is 9.08. The van der Waals surface area contributed by atoms with Gasteiger partial charge in [-0.3, -0.25) is 4.21 Å². The highest BCUT2D eigenvalue weighted by Gasteiger charge is 2.07. The van der Waals surface area contributed by atoms with Crippen molar-refractivity contribution in [3.63, 3.8) is 0 Å². The summed E-state index contributed by atoms with van der Waals surface area (Å²) in [5, 5.41) is 8.78. The molecule has 0 radical (unpaired) electrons. The van der Waals surface area contributed by atoms with Gasteiger partial charge in [0.15, 0.2) is 0 Å². The van der Waals surface area contributed by atoms with E-state index in [4.69, 9.17) is 5.26 Å². The molecule has 0 spiro atoms. The van der Waals surface area contributed by atoms with E-state index < -0.39 is 16.6 Å². The Labute approximate surface area is 114 Å². The molecular weight excluding hydrogens is 261 g/mol. The number of nitrogens with zero attached hydrogens (tertiary/aromatic N) is 1. The van der Waals surface area contributed by atoms with E-state index in [1.54, 1.807) is 12.1 Å². The normalized spacial score (nSPS) is 11.8. The zero-order valence-electron chi connectivity index (χ0n) is 10.4. The molecule has 0 saturated heterocycles. The summed E-state index contributed by atoms with van der Waals surface area (Å²) in [5.74, 6) is -0.272. The number of hydrogen-bond donors (Lipinski definition) is 0. The van der Waals surface area contributed by atoms with Crippen LogP contribution < -0.4 is 0 Å². The molecule has 4 heteroatoms. The van der Waals surface area contributed by atoms with Crippen molar-refractivity contribution >= 4 is 10.8 Å². The van der Waals surface area contributed by atoms with E-state index in [-0.39, 0.29) is 11.3 Å². The molecule has 2 aromatic rings. The van der Waals surface area contributed by atoms with Crippen molar-refractivity contribution < 1.29 is 8.60 Å². The van der Waals surface area contributed by atoms with Gasteiger partial charge in [0, 0.05) is 4.90 Å². The van der Waals surface area contributed by atoms with Gasteiger partial charge >= 0.3 is 0 Å². The Hall–Kier alpha value is -1.99. The average Bonchev–Trinajstić information content (AvgIpc) is 2.38. The van der Waals surface area contributed by atoms with Crippen LogP contribution in [0.3, 0.4) is 0 Å². The minimum absolute atomic E-state index is 0.204. The standard InChI is InChI=1S/C15H12FNOS/c1-11-3-2-4-15(5-11)19(18)10-13-6-12(9-17)7-14(16)8-13/h2-8H,10H2,1H3. The Morgan fingerprint density at radius 3 is 2.74 bits per heavy atom. The molecule has 0 aliphatic rings. The van der Waals surface area contributed by atoms with E-state index in [2.05, 4.69) is 0 Å². The number of nitriles is 1. The summed E-state index contributed by atoms with van der Waals surface area (Å²) in [4.78, 5) is 0.711. The Morgan fingerprint density at radius 1 is 1.26 bits per heavy atom. The van der Waals surface area contributed by atoms with Crippen molar-refractivity contribution in [2.45, 2.75) is 17.6 Å². The van der Waals surface area contributed by atoms with Gasteiger partial charge < -0.3 is 0 Å². The van der Waals surface area contributed by atoms with Crippen LogP contribution in [0.4, 0.5) is 4.39 Å². The van der Waals surface area contributed by atoms with E-state index in [1.165, 1.54) is 12.1 Å². The van der Waals surface area contributed by atoms with Crippen LogP contribution in [-0.4, -0.2) is 4.21 Å². The minimum atomic E-state index is -1.24. The minimum Gasteiger partial charge on any atom is -0.254 e. The molecule has 1 atom stereocenters. The fraction of sp³-hybridized carbons (Fsp3) is 0.133. The van der Waals surface area contributed by atoms with E-state index in [9.17, 15) is 8.60 Å². The van der Waals surface area contributed by atoms with Gasteiger partial charge in [-0.2, -0.15) is 5.26 Å². The third kappa shape index (κ3) is 3.49. The molecule has 0 fully saturated rings. The molecule has 0 bridgehead atoms. The van der Waals surface area contributed by atoms with Gasteiger partial charge in [-0.25, -0.2) is 4.39 Å². The summed E-state index contributed by atoms with van der Waals surface area (Å²) in [6, 6.07) is 13.3. The molecule has 0 N–H and O–H groups in total. The fourth-order valence-electron chi connectivity index (χ4n) is 1.79. The van der Waals surface area contributed by atoms with Crippen LogP contribution in [-0.2, 0) is 16.6 Å². The molecular formula is C15H12FNOS. The smallest absolute Gasteiger partial charge is 0.124 e. The first-order valence-corrected chi connectivity index (χ1v) is 7.05. The van der Waals surface area contributed by atoms with Crippen LogP contribution in [0, 0.1) is 24.1 Å². The quantitative estimate of drug-likeness (QED) is 0.860. The molecule has 0 amide bonds. The zero-order valence-corrected chi connectivity index (χ0v) is 11.2. The van der Waals surface area contributed by atoms with Gasteiger partial charge in [-0.05, 0) is 48.4 Å². The molecule has 0 aliphatic carbocycles. The Kier molecular flexibility index (Phi) is 4.08. The van der Waals surface area contributed by atoms with Crippen molar-refractivity contribution in [2.75, 3.05) is 0 Å². The van der Waals surface area contributed by atoms with Gasteiger partial charge in [-0.15, -0.1) is 0 Å². The summed E-state index contributed by atoms with van der Waals surface area (Å²) in [7, 11) is -1.24. The lowest BCUT2D eigenvalue weighted by Crippen LogP contribution is -1.98. The maximum atomic E-state index is 13.3. The molecule has 0 aliphatic heterocycles. The van der Waals surface area contributed by atoms with Gasteiger partial charge in [0.05, 0.1) is 28.2 Å². The number of hydrogen-bond acceptors (Lipinski definition) is 2. The third-order valence-corrected chi connectivity index (χ3v) is 4.01. The number of aryl methyl sites for hydroxylation is 1. The second-order valence-electron chi connectivity index (χ2n) is 4.27. The summed E-state index contributed by atoms with van der Waals surface area (Å²) in [5.41, 5.74) is 1.84. The van der Waals surface area contributed by atoms with Crippen molar-refractivity contribution in [3.8, 4) is 6.07 Å². The van der Waals surface area contributed by atoms with Crippen LogP contribution in [0.1, 0.15) is 16.7 Å². The lowest BCUT2D eigenvalue weighted by molar-refractivity contribution is 0.625. The zero-order chi connectivity index (χ0) is 13.8. The first-order valence-electron chi connectivity index (χ1n) is 5.73. The predicted molar refractivity (Wildman–Crippen MR) is 72.4 cm³/mol. The van der Waals surface area contributed by atoms with Crippen LogP contribution in [0.15, 0.2) is 47.4 Å². The van der Waals surface area contributed by atoms with Gasteiger partial charge in [0.2, 0.25) is 0 Å². The van der Waals surface area contributed by atoms with Crippen molar-refractivity contribution in [1.82, 2.24) is 0 Å². The second kappa shape index (κ2) is 5.77. The van der Waals surface area contributed by atoms with Crippen molar-refractivity contribution in [3.05, 3.63) is 65.0 Å². The largest absolute Gasteiger partial charge is 0.254 e. The first kappa shape index (κ1) is 13.4. The van der Waals surface area contributed by atoms with E-state index in [0.29, 0.717) is 10.5 Å². The summed E-state index contributed by atoms with van der Waals surface area (Å²) >= 11 is 0. The van der Waals surface area contributed by atoms with Crippen molar-refractivity contribution in [1.29, 1.82) is 5.26 Å². The highest BCUT2D eigenvalue weighted by atomic mass is 32.2. The maximum Gasteiger partial charge on any atom is 0.124 e. The Morgan fingerprint density at radius 2 is 2.05 bits per heavy atom. The van der Waals surface area contributed by atoms with E-state index in [1.807, 2.05) is 31.2 Å². The number of rotatable bonds is 3. The van der Waals surface area contributed by atoms with Crippen LogP contribution >= 0.6 is 0 Å². The van der Waals surface area contributed by atoms with Crippen LogP contribution in [0.5, 0.6) is 0 Å². The topological polar surface area (TPSA) is 40.9 Å². The molecule has 0 saturated carbocycles. The Balaban J connectivity index is 2.24. The van der Waals surface area contributed by atoms with Crippen molar-refractivity contribution in [2.24, 2.45) is 0 Å². The molecule has 96 valence electrons. The van der Waals surface area contributed by atoms with E-state index in [0.717, 1.165) is 5.56 Å². The second-order valence-corrected chi connectivity index (χ2v) is 5.72. The van der Waals surface area contributed by atoms with Crippen LogP contribution in [0.25, 0.3) is 0 Å². The summed E-state index contributed by atoms with van der Waals surface area (Å²) in [6.45, 7) is 1.93. The summed E-state index contributed by atoms with van der Waals surface area (Å²) < 4.78 is 25.5. The molecule has 0 aromatic heterocycles. The van der Waals surface area contributed by atoms with Crippen LogP contribution in [0.2, 0.25) is 0 Å². The maximum absolute atomic E-state index is 13.3. The fourth-order valence-corrected chi connectivity index (χ4v) is 2.97. The predicted octanol–water partition coefficient (Wildman–Crippen LogP) is 3.31. The van der Waals surface area contributed by atoms with Gasteiger partial charge in [0.25, 0.3) is 0 Å². The lowest BCUT2D eigenvalue weighted by Gasteiger charge is -2.04. The molecule has 19 heavy (non-hydrogen) atoms. The van der Waals surface area contributed by atoms with Gasteiger partial charge in [-0.1, -0.05) is 12.1 Å². The molecule has 2 nitrogen and oxygen atoms in total. The SMILES string of the molecule is Cc1cccc(S(=O)Cc2cc(F)cc(C#N)c2)c1. The Bertz CT molecular complexity index is 676. The molecule has 1 unspecified atom stereocenters.